The Hall–Kier alpha value is -2.33. The lowest BCUT2D eigenvalue weighted by atomic mass is 10.2. The van der Waals surface area contributed by atoms with Crippen molar-refractivity contribution in [2.24, 2.45) is 0 Å². The van der Waals surface area contributed by atoms with Crippen LogP contribution >= 0.6 is 11.6 Å². The molecule has 0 unspecified atom stereocenters. The summed E-state index contributed by atoms with van der Waals surface area (Å²) in [5.41, 5.74) is 1.25. The van der Waals surface area contributed by atoms with Gasteiger partial charge in [0.25, 0.3) is 5.56 Å². The number of aromatic amines is 1. The zero-order chi connectivity index (χ0) is 16.2. The maximum absolute atomic E-state index is 12.1. The molecule has 1 aromatic heterocycles. The zero-order valence-electron chi connectivity index (χ0n) is 12.8. The van der Waals surface area contributed by atoms with Crippen LogP contribution < -0.4 is 10.3 Å². The van der Waals surface area contributed by atoms with E-state index in [0.717, 1.165) is 18.4 Å². The summed E-state index contributed by atoms with van der Waals surface area (Å²) < 4.78 is 5.64. The highest BCUT2D eigenvalue weighted by atomic mass is 35.5. The van der Waals surface area contributed by atoms with Crippen LogP contribution in [-0.4, -0.2) is 16.6 Å². The lowest BCUT2D eigenvalue weighted by molar-refractivity contribution is 0.309. The summed E-state index contributed by atoms with van der Waals surface area (Å²) in [5.74, 6) is 1.14. The smallest absolute Gasteiger partial charge is 0.259 e. The minimum absolute atomic E-state index is 0.162. The SMILES string of the molecule is CCCCOc1ccc(-c2nc3ccccc3c(=O)[nH]2)cc1Cl. The molecular formula is C18H17ClN2O2. The number of H-pyrrole nitrogens is 1. The van der Waals surface area contributed by atoms with E-state index in [9.17, 15) is 4.79 Å². The number of nitrogens with one attached hydrogen (secondary N) is 1. The van der Waals surface area contributed by atoms with Gasteiger partial charge in [0.05, 0.1) is 22.5 Å². The largest absolute Gasteiger partial charge is 0.492 e. The molecule has 3 rings (SSSR count). The van der Waals surface area contributed by atoms with Crippen LogP contribution in [0.25, 0.3) is 22.3 Å². The fourth-order valence-corrected chi connectivity index (χ4v) is 2.55. The summed E-state index contributed by atoms with van der Waals surface area (Å²) in [4.78, 5) is 19.4. The normalized spacial score (nSPS) is 10.9. The van der Waals surface area contributed by atoms with Gasteiger partial charge in [0, 0.05) is 5.56 Å². The van der Waals surface area contributed by atoms with E-state index in [4.69, 9.17) is 16.3 Å². The highest BCUT2D eigenvalue weighted by Crippen LogP contribution is 2.29. The Morgan fingerprint density at radius 2 is 2.04 bits per heavy atom. The molecule has 118 valence electrons. The molecule has 1 N–H and O–H groups in total. The molecule has 3 aromatic rings. The molecule has 0 aliphatic heterocycles. The molecule has 5 heteroatoms. The first-order valence-corrected chi connectivity index (χ1v) is 7.98. The Balaban J connectivity index is 1.96. The number of ether oxygens (including phenoxy) is 1. The monoisotopic (exact) mass is 328 g/mol. The topological polar surface area (TPSA) is 55.0 Å². The summed E-state index contributed by atoms with van der Waals surface area (Å²) in [6.07, 6.45) is 2.05. The summed E-state index contributed by atoms with van der Waals surface area (Å²) in [7, 11) is 0. The molecular weight excluding hydrogens is 312 g/mol. The maximum Gasteiger partial charge on any atom is 0.259 e. The first-order valence-electron chi connectivity index (χ1n) is 7.61. The molecule has 0 aliphatic rings. The van der Waals surface area contributed by atoms with Crippen LogP contribution in [0.4, 0.5) is 0 Å². The van der Waals surface area contributed by atoms with Gasteiger partial charge >= 0.3 is 0 Å². The number of aromatic nitrogens is 2. The van der Waals surface area contributed by atoms with Crippen molar-refractivity contribution in [3.63, 3.8) is 0 Å². The number of halogens is 1. The quantitative estimate of drug-likeness (QED) is 0.705. The number of hydrogen-bond acceptors (Lipinski definition) is 3. The molecule has 1 heterocycles. The number of fused-ring (bicyclic) bond motifs is 1. The summed E-state index contributed by atoms with van der Waals surface area (Å²) in [5, 5.41) is 1.08. The van der Waals surface area contributed by atoms with E-state index in [1.807, 2.05) is 30.3 Å². The average molecular weight is 329 g/mol. The van der Waals surface area contributed by atoms with Gasteiger partial charge in [0.2, 0.25) is 0 Å². The number of nitrogens with zero attached hydrogens (tertiary/aromatic N) is 1. The lowest BCUT2D eigenvalue weighted by Gasteiger charge is -2.09. The molecule has 0 bridgehead atoms. The molecule has 23 heavy (non-hydrogen) atoms. The van der Waals surface area contributed by atoms with Crippen LogP contribution in [0.3, 0.4) is 0 Å². The summed E-state index contributed by atoms with van der Waals surface area (Å²) >= 11 is 6.27. The van der Waals surface area contributed by atoms with Crippen LogP contribution in [0.2, 0.25) is 5.02 Å². The van der Waals surface area contributed by atoms with Gasteiger partial charge in [0.1, 0.15) is 11.6 Å². The van der Waals surface area contributed by atoms with E-state index in [0.29, 0.717) is 34.1 Å². The van der Waals surface area contributed by atoms with Crippen LogP contribution in [0, 0.1) is 0 Å². The summed E-state index contributed by atoms with van der Waals surface area (Å²) in [6, 6.07) is 12.7. The van der Waals surface area contributed by atoms with Crippen LogP contribution in [0.5, 0.6) is 5.75 Å². The number of para-hydroxylation sites is 1. The van der Waals surface area contributed by atoms with Gasteiger partial charge < -0.3 is 9.72 Å². The van der Waals surface area contributed by atoms with Crippen LogP contribution in [0.1, 0.15) is 19.8 Å². The van der Waals surface area contributed by atoms with Gasteiger partial charge in [-0.2, -0.15) is 0 Å². The van der Waals surface area contributed by atoms with Gasteiger partial charge in [-0.3, -0.25) is 4.79 Å². The predicted octanol–water partition coefficient (Wildman–Crippen LogP) is 4.42. The van der Waals surface area contributed by atoms with Gasteiger partial charge in [-0.15, -0.1) is 0 Å². The first-order chi connectivity index (χ1) is 11.2. The minimum Gasteiger partial charge on any atom is -0.492 e. The van der Waals surface area contributed by atoms with E-state index in [1.165, 1.54) is 0 Å². The summed E-state index contributed by atoms with van der Waals surface area (Å²) in [6.45, 7) is 2.75. The Morgan fingerprint density at radius 3 is 2.83 bits per heavy atom. The number of unbranched alkanes of at least 4 members (excludes halogenated alkanes) is 1. The number of benzene rings is 2. The molecule has 2 aromatic carbocycles. The lowest BCUT2D eigenvalue weighted by Crippen LogP contribution is -2.09. The van der Waals surface area contributed by atoms with E-state index < -0.39 is 0 Å². The van der Waals surface area contributed by atoms with Gasteiger partial charge in [-0.05, 0) is 36.8 Å². The Morgan fingerprint density at radius 1 is 1.22 bits per heavy atom. The average Bonchev–Trinajstić information content (AvgIpc) is 2.56. The Labute approximate surface area is 139 Å². The molecule has 0 radical (unpaired) electrons. The predicted molar refractivity (Wildman–Crippen MR) is 93.2 cm³/mol. The molecule has 0 saturated carbocycles. The van der Waals surface area contributed by atoms with Crippen molar-refractivity contribution in [2.45, 2.75) is 19.8 Å². The highest BCUT2D eigenvalue weighted by Gasteiger charge is 2.09. The van der Waals surface area contributed by atoms with Gasteiger partial charge in [-0.25, -0.2) is 4.98 Å². The standard InChI is InChI=1S/C18H17ClN2O2/c1-2-3-10-23-16-9-8-12(11-14(16)19)17-20-15-7-5-4-6-13(15)18(22)21-17/h4-9,11H,2-3,10H2,1H3,(H,20,21,22). The number of rotatable bonds is 5. The van der Waals surface area contributed by atoms with E-state index in [-0.39, 0.29) is 5.56 Å². The van der Waals surface area contributed by atoms with E-state index >= 15 is 0 Å². The zero-order valence-corrected chi connectivity index (χ0v) is 13.6. The minimum atomic E-state index is -0.162. The third-order valence-corrected chi connectivity index (χ3v) is 3.87. The molecule has 0 fully saturated rings. The second kappa shape index (κ2) is 6.84. The third kappa shape index (κ3) is 3.37. The highest BCUT2D eigenvalue weighted by molar-refractivity contribution is 6.32. The van der Waals surface area contributed by atoms with Crippen LogP contribution in [-0.2, 0) is 0 Å². The molecule has 4 nitrogen and oxygen atoms in total. The Kier molecular flexibility index (Phi) is 4.63. The van der Waals surface area contributed by atoms with Crippen molar-refractivity contribution in [2.75, 3.05) is 6.61 Å². The molecule has 0 aliphatic carbocycles. The second-order valence-electron chi connectivity index (χ2n) is 5.28. The fraction of sp³-hybridized carbons (Fsp3) is 0.222. The van der Waals surface area contributed by atoms with E-state index in [1.54, 1.807) is 12.1 Å². The molecule has 0 saturated heterocycles. The molecule has 0 amide bonds. The van der Waals surface area contributed by atoms with Crippen molar-refractivity contribution in [1.82, 2.24) is 9.97 Å². The van der Waals surface area contributed by atoms with Gasteiger partial charge in [-0.1, -0.05) is 37.1 Å². The third-order valence-electron chi connectivity index (χ3n) is 3.57. The van der Waals surface area contributed by atoms with Crippen molar-refractivity contribution in [3.8, 4) is 17.1 Å². The molecule has 0 atom stereocenters. The van der Waals surface area contributed by atoms with Crippen molar-refractivity contribution < 1.29 is 4.74 Å². The first kappa shape index (κ1) is 15.6. The van der Waals surface area contributed by atoms with Gasteiger partial charge in [0.15, 0.2) is 0 Å². The van der Waals surface area contributed by atoms with Crippen molar-refractivity contribution in [1.29, 1.82) is 0 Å². The van der Waals surface area contributed by atoms with Crippen molar-refractivity contribution >= 4 is 22.5 Å². The Bertz CT molecular complexity index is 890. The second-order valence-corrected chi connectivity index (χ2v) is 5.69. The van der Waals surface area contributed by atoms with Crippen molar-refractivity contribution in [3.05, 3.63) is 57.8 Å². The van der Waals surface area contributed by atoms with Crippen LogP contribution in [0.15, 0.2) is 47.3 Å². The molecule has 0 spiro atoms. The number of hydrogen-bond donors (Lipinski definition) is 1. The van der Waals surface area contributed by atoms with E-state index in [2.05, 4.69) is 16.9 Å². The fourth-order valence-electron chi connectivity index (χ4n) is 2.31. The maximum atomic E-state index is 12.1.